The summed E-state index contributed by atoms with van der Waals surface area (Å²) in [6, 6.07) is 2.62. The summed E-state index contributed by atoms with van der Waals surface area (Å²) < 4.78 is 28.0. The molecular weight excluding hydrogens is 304 g/mol. The first kappa shape index (κ1) is 16.9. The quantitative estimate of drug-likeness (QED) is 0.766. The summed E-state index contributed by atoms with van der Waals surface area (Å²) in [6.45, 7) is 4.63. The molecule has 1 aromatic carbocycles. The molecule has 0 aromatic heterocycles. The molecule has 0 aliphatic rings. The molecule has 0 aliphatic carbocycles. The van der Waals surface area contributed by atoms with Gasteiger partial charge in [0.2, 0.25) is 10.0 Å². The Bertz CT molecular complexity index is 602. The molecule has 1 rings (SSSR count). The standard InChI is InChI=1S/C12H17ClN2O4S/c1-3-19-5-4-15-12(16)9-6-10(13)8(2)11(7-9)20(14,17)18/h6-7H,3-5H2,1-2H3,(H,15,16)(H2,14,17,18). The molecule has 3 N–H and O–H groups in total. The van der Waals surface area contributed by atoms with Crippen LogP contribution in [0.4, 0.5) is 0 Å². The van der Waals surface area contributed by atoms with Gasteiger partial charge in [0, 0.05) is 23.7 Å². The van der Waals surface area contributed by atoms with Gasteiger partial charge in [0.05, 0.1) is 11.5 Å². The molecule has 0 heterocycles. The van der Waals surface area contributed by atoms with Crippen molar-refractivity contribution in [2.24, 2.45) is 5.14 Å². The summed E-state index contributed by atoms with van der Waals surface area (Å²) in [6.07, 6.45) is 0. The molecule has 0 saturated heterocycles. The highest BCUT2D eigenvalue weighted by molar-refractivity contribution is 7.89. The van der Waals surface area contributed by atoms with Crippen molar-refractivity contribution in [3.8, 4) is 0 Å². The van der Waals surface area contributed by atoms with Gasteiger partial charge in [0.25, 0.3) is 5.91 Å². The van der Waals surface area contributed by atoms with E-state index in [9.17, 15) is 13.2 Å². The number of halogens is 1. The third kappa shape index (κ3) is 4.45. The zero-order valence-corrected chi connectivity index (χ0v) is 12.8. The Morgan fingerprint density at radius 1 is 1.45 bits per heavy atom. The Labute approximate surface area is 123 Å². The molecule has 6 nitrogen and oxygen atoms in total. The average Bonchev–Trinajstić information content (AvgIpc) is 2.36. The fraction of sp³-hybridized carbons (Fsp3) is 0.417. The number of amides is 1. The zero-order valence-electron chi connectivity index (χ0n) is 11.3. The zero-order chi connectivity index (χ0) is 15.3. The highest BCUT2D eigenvalue weighted by atomic mass is 35.5. The molecule has 112 valence electrons. The van der Waals surface area contributed by atoms with E-state index in [2.05, 4.69) is 5.32 Å². The molecule has 0 spiro atoms. The minimum absolute atomic E-state index is 0.140. The second kappa shape index (κ2) is 7.03. The molecular formula is C12H17ClN2O4S. The van der Waals surface area contributed by atoms with Crippen molar-refractivity contribution in [1.29, 1.82) is 0 Å². The van der Waals surface area contributed by atoms with Crippen molar-refractivity contribution in [3.05, 3.63) is 28.3 Å². The Hall–Kier alpha value is -1.15. The number of rotatable bonds is 6. The SMILES string of the molecule is CCOCCNC(=O)c1cc(Cl)c(C)c(S(N)(=O)=O)c1. The fourth-order valence-electron chi connectivity index (χ4n) is 1.56. The van der Waals surface area contributed by atoms with Gasteiger partial charge < -0.3 is 10.1 Å². The third-order valence-electron chi connectivity index (χ3n) is 2.60. The number of sulfonamides is 1. The molecule has 0 bridgehead atoms. The number of carbonyl (C=O) groups excluding carboxylic acids is 1. The van der Waals surface area contributed by atoms with Crippen LogP contribution in [0.2, 0.25) is 5.02 Å². The van der Waals surface area contributed by atoms with Crippen LogP contribution in [-0.4, -0.2) is 34.1 Å². The van der Waals surface area contributed by atoms with Crippen LogP contribution in [0, 0.1) is 6.92 Å². The van der Waals surface area contributed by atoms with Crippen LogP contribution in [0.25, 0.3) is 0 Å². The van der Waals surface area contributed by atoms with Gasteiger partial charge in [-0.25, -0.2) is 13.6 Å². The van der Waals surface area contributed by atoms with Gasteiger partial charge in [-0.2, -0.15) is 0 Å². The Morgan fingerprint density at radius 2 is 2.10 bits per heavy atom. The molecule has 20 heavy (non-hydrogen) atoms. The van der Waals surface area contributed by atoms with Crippen molar-refractivity contribution in [3.63, 3.8) is 0 Å². The van der Waals surface area contributed by atoms with E-state index in [0.717, 1.165) is 0 Å². The van der Waals surface area contributed by atoms with Crippen molar-refractivity contribution in [2.75, 3.05) is 19.8 Å². The summed E-state index contributed by atoms with van der Waals surface area (Å²) >= 11 is 5.93. The number of benzene rings is 1. The molecule has 0 radical (unpaired) electrons. The lowest BCUT2D eigenvalue weighted by molar-refractivity contribution is 0.0922. The fourth-order valence-corrected chi connectivity index (χ4v) is 2.67. The summed E-state index contributed by atoms with van der Waals surface area (Å²) in [5.41, 5.74) is 0.459. The maximum Gasteiger partial charge on any atom is 0.251 e. The van der Waals surface area contributed by atoms with Crippen LogP contribution in [-0.2, 0) is 14.8 Å². The number of nitrogens with two attached hydrogens (primary N) is 1. The minimum Gasteiger partial charge on any atom is -0.380 e. The maximum atomic E-state index is 11.9. The van der Waals surface area contributed by atoms with E-state index in [4.69, 9.17) is 21.5 Å². The topological polar surface area (TPSA) is 98.5 Å². The first-order valence-electron chi connectivity index (χ1n) is 5.96. The van der Waals surface area contributed by atoms with E-state index in [1.165, 1.54) is 19.1 Å². The molecule has 0 saturated carbocycles. The summed E-state index contributed by atoms with van der Waals surface area (Å²) in [5, 5.41) is 7.87. The number of ether oxygens (including phenoxy) is 1. The lowest BCUT2D eigenvalue weighted by atomic mass is 10.1. The van der Waals surface area contributed by atoms with Gasteiger partial charge in [0.15, 0.2) is 0 Å². The summed E-state index contributed by atoms with van der Waals surface area (Å²) in [5.74, 6) is -0.434. The number of nitrogens with one attached hydrogen (secondary N) is 1. The molecule has 1 aromatic rings. The Morgan fingerprint density at radius 3 is 2.65 bits per heavy atom. The number of carbonyl (C=O) groups is 1. The van der Waals surface area contributed by atoms with Crippen molar-refractivity contribution < 1.29 is 17.9 Å². The first-order chi connectivity index (χ1) is 9.27. The highest BCUT2D eigenvalue weighted by Gasteiger charge is 2.18. The molecule has 0 atom stereocenters. The summed E-state index contributed by atoms with van der Waals surface area (Å²) in [7, 11) is -3.93. The van der Waals surface area contributed by atoms with Crippen LogP contribution in [0.3, 0.4) is 0 Å². The van der Waals surface area contributed by atoms with Crippen LogP contribution in [0.5, 0.6) is 0 Å². The lowest BCUT2D eigenvalue weighted by Gasteiger charge is -2.10. The van der Waals surface area contributed by atoms with Crippen molar-refractivity contribution in [1.82, 2.24) is 5.32 Å². The third-order valence-corrected chi connectivity index (χ3v) is 4.03. The van der Waals surface area contributed by atoms with Gasteiger partial charge in [-0.05, 0) is 31.5 Å². The molecule has 1 amide bonds. The highest BCUT2D eigenvalue weighted by Crippen LogP contribution is 2.24. The average molecular weight is 321 g/mol. The van der Waals surface area contributed by atoms with Crippen LogP contribution >= 0.6 is 11.6 Å². The predicted molar refractivity (Wildman–Crippen MR) is 76.4 cm³/mol. The minimum atomic E-state index is -3.93. The van der Waals surface area contributed by atoms with E-state index in [0.29, 0.717) is 25.3 Å². The number of hydrogen-bond acceptors (Lipinski definition) is 4. The van der Waals surface area contributed by atoms with Crippen LogP contribution in [0.15, 0.2) is 17.0 Å². The van der Waals surface area contributed by atoms with Crippen molar-refractivity contribution >= 4 is 27.5 Å². The largest absolute Gasteiger partial charge is 0.380 e. The Kier molecular flexibility index (Phi) is 5.94. The van der Waals surface area contributed by atoms with E-state index in [-0.39, 0.29) is 15.5 Å². The van der Waals surface area contributed by atoms with Gasteiger partial charge in [-0.3, -0.25) is 4.79 Å². The first-order valence-corrected chi connectivity index (χ1v) is 7.88. The Balaban J connectivity index is 2.97. The second-order valence-electron chi connectivity index (χ2n) is 4.08. The second-order valence-corrected chi connectivity index (χ2v) is 6.02. The maximum absolute atomic E-state index is 11.9. The molecule has 0 unspecified atom stereocenters. The number of primary sulfonamides is 1. The van der Waals surface area contributed by atoms with Gasteiger partial charge in [-0.1, -0.05) is 11.6 Å². The van der Waals surface area contributed by atoms with Crippen LogP contribution < -0.4 is 10.5 Å². The predicted octanol–water partition coefficient (Wildman–Crippen LogP) is 1.06. The monoisotopic (exact) mass is 320 g/mol. The lowest BCUT2D eigenvalue weighted by Crippen LogP contribution is -2.27. The molecule has 8 heteroatoms. The van der Waals surface area contributed by atoms with Crippen LogP contribution in [0.1, 0.15) is 22.8 Å². The number of hydrogen-bond donors (Lipinski definition) is 2. The van der Waals surface area contributed by atoms with Gasteiger partial charge in [-0.15, -0.1) is 0 Å². The molecule has 0 fully saturated rings. The van der Waals surface area contributed by atoms with E-state index < -0.39 is 15.9 Å². The molecule has 0 aliphatic heterocycles. The van der Waals surface area contributed by atoms with E-state index in [1.807, 2.05) is 6.92 Å². The van der Waals surface area contributed by atoms with E-state index in [1.54, 1.807) is 0 Å². The smallest absolute Gasteiger partial charge is 0.251 e. The van der Waals surface area contributed by atoms with E-state index >= 15 is 0 Å². The van der Waals surface area contributed by atoms with Crippen molar-refractivity contribution in [2.45, 2.75) is 18.7 Å². The summed E-state index contributed by atoms with van der Waals surface area (Å²) in [4.78, 5) is 11.7. The normalized spacial score (nSPS) is 11.4. The van der Waals surface area contributed by atoms with Gasteiger partial charge in [0.1, 0.15) is 0 Å². The van der Waals surface area contributed by atoms with Gasteiger partial charge >= 0.3 is 0 Å².